The Morgan fingerprint density at radius 3 is 2.31 bits per heavy atom. The van der Waals surface area contributed by atoms with Crippen LogP contribution in [0.1, 0.15) is 5.56 Å². The van der Waals surface area contributed by atoms with Gasteiger partial charge in [-0.2, -0.15) is 0 Å². The molecule has 0 heterocycles. The van der Waals surface area contributed by atoms with E-state index in [2.05, 4.69) is 0 Å². The lowest BCUT2D eigenvalue weighted by Crippen LogP contribution is -1.88. The molecular weight excluding hydrogens is 210 g/mol. The van der Waals surface area contributed by atoms with Crippen LogP contribution in [-0.2, 0) is 6.61 Å². The van der Waals surface area contributed by atoms with Crippen LogP contribution in [0.2, 0.25) is 0 Å². The predicted molar refractivity (Wildman–Crippen MR) is 57.7 cm³/mol. The summed E-state index contributed by atoms with van der Waals surface area (Å²) < 4.78 is 26.2. The molecule has 0 unspecified atom stereocenters. The fraction of sp³-hybridized carbons (Fsp3) is 0.0769. The van der Waals surface area contributed by atoms with Gasteiger partial charge < -0.3 is 5.11 Å². The van der Waals surface area contributed by atoms with Crippen LogP contribution in [0.25, 0.3) is 11.1 Å². The van der Waals surface area contributed by atoms with E-state index in [1.807, 2.05) is 0 Å². The summed E-state index contributed by atoms with van der Waals surface area (Å²) in [5.74, 6) is -0.807. The number of rotatable bonds is 2. The Morgan fingerprint density at radius 2 is 1.62 bits per heavy atom. The highest BCUT2D eigenvalue weighted by molar-refractivity contribution is 5.64. The number of aliphatic hydroxyl groups is 1. The average molecular weight is 220 g/mol. The van der Waals surface area contributed by atoms with Gasteiger partial charge in [-0.1, -0.05) is 12.1 Å². The van der Waals surface area contributed by atoms with Crippen LogP contribution in [0.15, 0.2) is 42.5 Å². The molecule has 0 aliphatic rings. The van der Waals surface area contributed by atoms with Gasteiger partial charge in [-0.15, -0.1) is 0 Å². The van der Waals surface area contributed by atoms with E-state index in [-0.39, 0.29) is 12.4 Å². The van der Waals surface area contributed by atoms with Crippen LogP contribution < -0.4 is 0 Å². The summed E-state index contributed by atoms with van der Waals surface area (Å²) in [4.78, 5) is 0. The molecule has 1 N–H and O–H groups in total. The topological polar surface area (TPSA) is 20.2 Å². The third kappa shape index (κ3) is 2.25. The molecule has 0 bridgehead atoms. The molecule has 16 heavy (non-hydrogen) atoms. The molecule has 0 fully saturated rings. The molecule has 0 aliphatic carbocycles. The summed E-state index contributed by atoms with van der Waals surface area (Å²) in [5, 5.41) is 8.95. The third-order valence-corrected chi connectivity index (χ3v) is 2.30. The van der Waals surface area contributed by atoms with Crippen LogP contribution in [0, 0.1) is 11.6 Å². The zero-order chi connectivity index (χ0) is 11.5. The van der Waals surface area contributed by atoms with E-state index in [0.717, 1.165) is 0 Å². The van der Waals surface area contributed by atoms with Crippen molar-refractivity contribution >= 4 is 0 Å². The number of hydrogen-bond acceptors (Lipinski definition) is 1. The zero-order valence-corrected chi connectivity index (χ0v) is 8.45. The first kappa shape index (κ1) is 10.8. The Hall–Kier alpha value is -1.74. The minimum absolute atomic E-state index is 0.236. The van der Waals surface area contributed by atoms with E-state index in [1.54, 1.807) is 18.2 Å². The molecule has 3 heteroatoms. The summed E-state index contributed by atoms with van der Waals surface area (Å²) in [6, 6.07) is 10.1. The van der Waals surface area contributed by atoms with E-state index in [1.165, 1.54) is 24.3 Å². The highest BCUT2D eigenvalue weighted by Crippen LogP contribution is 2.22. The minimum Gasteiger partial charge on any atom is -0.392 e. The lowest BCUT2D eigenvalue weighted by atomic mass is 10.0. The maximum Gasteiger partial charge on any atom is 0.124 e. The summed E-state index contributed by atoms with van der Waals surface area (Å²) in [6.45, 7) is -0.236. The Labute approximate surface area is 92.0 Å². The quantitative estimate of drug-likeness (QED) is 0.824. The molecule has 0 saturated heterocycles. The van der Waals surface area contributed by atoms with Gasteiger partial charge in [0.05, 0.1) is 6.61 Å². The number of hydrogen-bond donors (Lipinski definition) is 1. The standard InChI is InChI=1S/C13H10F2O/c14-12-3-1-2-10(6-12)11-4-9(8-16)5-13(15)7-11/h1-7,16H,8H2. The Balaban J connectivity index is 2.51. The predicted octanol–water partition coefficient (Wildman–Crippen LogP) is 3.12. The highest BCUT2D eigenvalue weighted by atomic mass is 19.1. The Morgan fingerprint density at radius 1 is 0.875 bits per heavy atom. The summed E-state index contributed by atoms with van der Waals surface area (Å²) in [5.41, 5.74) is 1.62. The van der Waals surface area contributed by atoms with Crippen LogP contribution in [-0.4, -0.2) is 5.11 Å². The maximum absolute atomic E-state index is 13.2. The second kappa shape index (κ2) is 4.41. The van der Waals surface area contributed by atoms with Gasteiger partial charge in [0, 0.05) is 0 Å². The summed E-state index contributed by atoms with van der Waals surface area (Å²) in [7, 11) is 0. The lowest BCUT2D eigenvalue weighted by molar-refractivity contribution is 0.281. The van der Waals surface area contributed by atoms with Crippen molar-refractivity contribution < 1.29 is 13.9 Å². The van der Waals surface area contributed by atoms with Crippen LogP contribution in [0.4, 0.5) is 8.78 Å². The van der Waals surface area contributed by atoms with E-state index in [4.69, 9.17) is 5.11 Å². The molecule has 2 aromatic rings. The molecule has 0 saturated carbocycles. The first-order valence-corrected chi connectivity index (χ1v) is 4.85. The van der Waals surface area contributed by atoms with Gasteiger partial charge >= 0.3 is 0 Å². The molecular formula is C13H10F2O. The number of benzene rings is 2. The third-order valence-electron chi connectivity index (χ3n) is 2.30. The fourth-order valence-corrected chi connectivity index (χ4v) is 1.58. The molecule has 1 nitrogen and oxygen atoms in total. The monoisotopic (exact) mass is 220 g/mol. The highest BCUT2D eigenvalue weighted by Gasteiger charge is 2.03. The largest absolute Gasteiger partial charge is 0.392 e. The SMILES string of the molecule is OCc1cc(F)cc(-c2cccc(F)c2)c1. The van der Waals surface area contributed by atoms with Crippen LogP contribution in [0.3, 0.4) is 0 Å². The normalized spacial score (nSPS) is 10.4. The van der Waals surface area contributed by atoms with Gasteiger partial charge in [0.2, 0.25) is 0 Å². The Kier molecular flexibility index (Phi) is 2.97. The van der Waals surface area contributed by atoms with E-state index in [9.17, 15) is 8.78 Å². The molecule has 0 aromatic heterocycles. The molecule has 0 atom stereocenters. The lowest BCUT2D eigenvalue weighted by Gasteiger charge is -2.04. The molecule has 2 aromatic carbocycles. The van der Waals surface area contributed by atoms with E-state index in [0.29, 0.717) is 16.7 Å². The van der Waals surface area contributed by atoms with Crippen molar-refractivity contribution in [1.29, 1.82) is 0 Å². The first-order chi connectivity index (χ1) is 7.69. The van der Waals surface area contributed by atoms with Crippen molar-refractivity contribution in [3.8, 4) is 11.1 Å². The van der Waals surface area contributed by atoms with Crippen molar-refractivity contribution in [2.45, 2.75) is 6.61 Å². The van der Waals surface area contributed by atoms with E-state index >= 15 is 0 Å². The van der Waals surface area contributed by atoms with Crippen molar-refractivity contribution in [1.82, 2.24) is 0 Å². The summed E-state index contributed by atoms with van der Waals surface area (Å²) >= 11 is 0. The van der Waals surface area contributed by atoms with Gasteiger partial charge in [0.25, 0.3) is 0 Å². The second-order valence-electron chi connectivity index (χ2n) is 3.52. The smallest absolute Gasteiger partial charge is 0.124 e. The molecule has 0 spiro atoms. The average Bonchev–Trinajstić information content (AvgIpc) is 2.28. The van der Waals surface area contributed by atoms with E-state index < -0.39 is 5.82 Å². The fourth-order valence-electron chi connectivity index (χ4n) is 1.58. The van der Waals surface area contributed by atoms with Crippen LogP contribution >= 0.6 is 0 Å². The van der Waals surface area contributed by atoms with Crippen molar-refractivity contribution in [2.75, 3.05) is 0 Å². The summed E-state index contributed by atoms with van der Waals surface area (Å²) in [6.07, 6.45) is 0. The van der Waals surface area contributed by atoms with Gasteiger partial charge in [0.15, 0.2) is 0 Å². The molecule has 0 amide bonds. The molecule has 0 radical (unpaired) electrons. The Bertz CT molecular complexity index is 509. The molecule has 2 rings (SSSR count). The number of aliphatic hydroxyl groups excluding tert-OH is 1. The maximum atomic E-state index is 13.2. The first-order valence-electron chi connectivity index (χ1n) is 4.85. The molecule has 82 valence electrons. The van der Waals surface area contributed by atoms with Gasteiger partial charge in [-0.3, -0.25) is 0 Å². The minimum atomic E-state index is -0.439. The van der Waals surface area contributed by atoms with Gasteiger partial charge in [-0.05, 0) is 47.0 Å². The van der Waals surface area contributed by atoms with Crippen molar-refractivity contribution in [3.63, 3.8) is 0 Å². The second-order valence-corrected chi connectivity index (χ2v) is 3.52. The molecule has 0 aliphatic heterocycles. The van der Waals surface area contributed by atoms with Crippen LogP contribution in [0.5, 0.6) is 0 Å². The van der Waals surface area contributed by atoms with Gasteiger partial charge in [-0.25, -0.2) is 8.78 Å². The zero-order valence-electron chi connectivity index (χ0n) is 8.45. The van der Waals surface area contributed by atoms with Crippen molar-refractivity contribution in [2.24, 2.45) is 0 Å². The van der Waals surface area contributed by atoms with Crippen molar-refractivity contribution in [3.05, 3.63) is 59.7 Å². The van der Waals surface area contributed by atoms with Gasteiger partial charge in [0.1, 0.15) is 11.6 Å². The number of halogens is 2.